The molecule has 0 aromatic heterocycles. The van der Waals surface area contributed by atoms with Crippen LogP contribution < -0.4 is 5.73 Å². The number of amides is 2. The summed E-state index contributed by atoms with van der Waals surface area (Å²) in [7, 11) is 1.33. The first-order chi connectivity index (χ1) is 18.0. The lowest BCUT2D eigenvalue weighted by atomic mass is 10.0. The summed E-state index contributed by atoms with van der Waals surface area (Å²) in [6.07, 6.45) is 23.4. The van der Waals surface area contributed by atoms with Crippen molar-refractivity contribution in [3.8, 4) is 0 Å². The van der Waals surface area contributed by atoms with E-state index < -0.39 is 12.0 Å². The summed E-state index contributed by atoms with van der Waals surface area (Å²) in [5, 5.41) is 0. The third-order valence-electron chi connectivity index (χ3n) is 7.24. The van der Waals surface area contributed by atoms with E-state index in [0.717, 1.165) is 44.9 Å². The zero-order valence-corrected chi connectivity index (χ0v) is 24.7. The largest absolute Gasteiger partial charge is 0.467 e. The van der Waals surface area contributed by atoms with Gasteiger partial charge < -0.3 is 10.5 Å². The minimum atomic E-state index is -0.839. The van der Waals surface area contributed by atoms with Gasteiger partial charge in [-0.3, -0.25) is 14.5 Å². The molecule has 0 fully saturated rings. The Morgan fingerprint density at radius 3 is 1.32 bits per heavy atom. The molecule has 0 bridgehead atoms. The number of nitrogens with zero attached hydrogens (tertiary/aromatic N) is 1. The second-order valence-corrected chi connectivity index (χ2v) is 10.6. The van der Waals surface area contributed by atoms with Crippen molar-refractivity contribution in [1.82, 2.24) is 4.90 Å². The Bertz CT molecular complexity index is 533. The molecule has 218 valence electrons. The summed E-state index contributed by atoms with van der Waals surface area (Å²) < 4.78 is 5.00. The fourth-order valence-electron chi connectivity index (χ4n) is 4.87. The molecule has 0 saturated carbocycles. The Morgan fingerprint density at radius 1 is 0.595 bits per heavy atom. The molecule has 0 aromatic carbocycles. The van der Waals surface area contributed by atoms with E-state index in [4.69, 9.17) is 10.5 Å². The second-order valence-electron chi connectivity index (χ2n) is 10.6. The third kappa shape index (κ3) is 19.3. The van der Waals surface area contributed by atoms with Crippen LogP contribution in [0.3, 0.4) is 0 Å². The van der Waals surface area contributed by atoms with Crippen molar-refractivity contribution in [2.45, 2.75) is 168 Å². The lowest BCUT2D eigenvalue weighted by molar-refractivity contribution is -0.160. The molecule has 6 heteroatoms. The van der Waals surface area contributed by atoms with Crippen LogP contribution >= 0.6 is 0 Å². The van der Waals surface area contributed by atoms with Crippen LogP contribution in [0.5, 0.6) is 0 Å². The number of methoxy groups -OCH3 is 1. The van der Waals surface area contributed by atoms with Gasteiger partial charge in [0.15, 0.2) is 0 Å². The van der Waals surface area contributed by atoms with Crippen molar-refractivity contribution in [2.24, 2.45) is 5.73 Å². The first kappa shape index (κ1) is 35.6. The molecule has 2 amide bonds. The SMILES string of the molecule is CCCCCCCCCCCC(=O)N(C(=O)CCCCCCCCCCC)[C@@H](CCCCN)C(=O)OC. The number of carbonyl (C=O) groups excluding carboxylic acids is 3. The molecule has 1 atom stereocenters. The maximum Gasteiger partial charge on any atom is 0.329 e. The number of esters is 1. The Morgan fingerprint density at radius 2 is 0.973 bits per heavy atom. The molecule has 2 N–H and O–H groups in total. The van der Waals surface area contributed by atoms with Crippen molar-refractivity contribution in [3.63, 3.8) is 0 Å². The molecule has 0 aliphatic rings. The molecule has 0 aliphatic carbocycles. The summed E-state index contributed by atoms with van der Waals surface area (Å²) in [4.78, 5) is 40.3. The highest BCUT2D eigenvalue weighted by Gasteiger charge is 2.34. The minimum Gasteiger partial charge on any atom is -0.467 e. The van der Waals surface area contributed by atoms with Gasteiger partial charge >= 0.3 is 5.97 Å². The standard InChI is InChI=1S/C31H60N2O4/c1-4-6-8-10-12-14-16-18-20-25-29(34)33(28(31(36)37-3)24-22-23-27-32)30(35)26-21-19-17-15-13-11-9-7-5-2/h28H,4-27,32H2,1-3H3/t28-/m0/s1. The fourth-order valence-corrected chi connectivity index (χ4v) is 4.87. The molecule has 0 saturated heterocycles. The number of hydrogen-bond acceptors (Lipinski definition) is 5. The average molecular weight is 525 g/mol. The van der Waals surface area contributed by atoms with Gasteiger partial charge in [0.25, 0.3) is 0 Å². The number of carbonyl (C=O) groups is 3. The number of nitrogens with two attached hydrogens (primary N) is 1. The topological polar surface area (TPSA) is 89.7 Å². The van der Waals surface area contributed by atoms with Crippen LogP contribution in [-0.2, 0) is 19.1 Å². The normalized spacial score (nSPS) is 11.9. The minimum absolute atomic E-state index is 0.230. The molecule has 37 heavy (non-hydrogen) atoms. The van der Waals surface area contributed by atoms with Crippen molar-refractivity contribution in [1.29, 1.82) is 0 Å². The van der Waals surface area contributed by atoms with Crippen LogP contribution in [-0.4, -0.2) is 42.4 Å². The van der Waals surface area contributed by atoms with E-state index in [0.29, 0.717) is 32.2 Å². The van der Waals surface area contributed by atoms with Gasteiger partial charge in [0.2, 0.25) is 11.8 Å². The Labute approximate surface area is 228 Å². The summed E-state index contributed by atoms with van der Waals surface area (Å²) in [6, 6.07) is -0.839. The zero-order chi connectivity index (χ0) is 27.6. The molecule has 0 unspecified atom stereocenters. The molecule has 0 spiro atoms. The molecular formula is C31H60N2O4. The van der Waals surface area contributed by atoms with Gasteiger partial charge in [0.1, 0.15) is 6.04 Å². The van der Waals surface area contributed by atoms with Gasteiger partial charge in [0.05, 0.1) is 7.11 Å². The maximum atomic E-state index is 13.2. The lowest BCUT2D eigenvalue weighted by Gasteiger charge is -2.28. The van der Waals surface area contributed by atoms with Crippen LogP contribution in [0.1, 0.15) is 162 Å². The van der Waals surface area contributed by atoms with Crippen molar-refractivity contribution in [3.05, 3.63) is 0 Å². The molecule has 0 aromatic rings. The monoisotopic (exact) mass is 524 g/mol. The Hall–Kier alpha value is -1.43. The fraction of sp³-hybridized carbons (Fsp3) is 0.903. The predicted octanol–water partition coefficient (Wildman–Crippen LogP) is 7.85. The number of rotatable bonds is 26. The average Bonchev–Trinajstić information content (AvgIpc) is 2.90. The molecule has 0 radical (unpaired) electrons. The highest BCUT2D eigenvalue weighted by atomic mass is 16.5. The van der Waals surface area contributed by atoms with E-state index in [1.165, 1.54) is 89.1 Å². The molecule has 0 heterocycles. The van der Waals surface area contributed by atoms with Crippen molar-refractivity contribution in [2.75, 3.05) is 13.7 Å². The van der Waals surface area contributed by atoms with Crippen LogP contribution in [0.2, 0.25) is 0 Å². The maximum absolute atomic E-state index is 13.2. The Balaban J connectivity index is 4.75. The van der Waals surface area contributed by atoms with Gasteiger partial charge in [-0.2, -0.15) is 0 Å². The van der Waals surface area contributed by atoms with E-state index in [1.807, 2.05) is 0 Å². The van der Waals surface area contributed by atoms with Crippen molar-refractivity contribution >= 4 is 17.8 Å². The first-order valence-electron chi connectivity index (χ1n) is 15.7. The quantitative estimate of drug-likeness (QED) is 0.0919. The van der Waals surface area contributed by atoms with E-state index in [-0.39, 0.29) is 11.8 Å². The highest BCUT2D eigenvalue weighted by Crippen LogP contribution is 2.18. The van der Waals surface area contributed by atoms with E-state index in [1.54, 1.807) is 0 Å². The first-order valence-corrected chi connectivity index (χ1v) is 15.7. The van der Waals surface area contributed by atoms with Crippen LogP contribution in [0.25, 0.3) is 0 Å². The molecular weight excluding hydrogens is 464 g/mol. The van der Waals surface area contributed by atoms with Gasteiger partial charge in [-0.05, 0) is 38.6 Å². The number of hydrogen-bond donors (Lipinski definition) is 1. The summed E-state index contributed by atoms with van der Waals surface area (Å²) in [5.41, 5.74) is 5.63. The van der Waals surface area contributed by atoms with E-state index in [9.17, 15) is 14.4 Å². The van der Waals surface area contributed by atoms with Gasteiger partial charge in [-0.25, -0.2) is 4.79 Å². The van der Waals surface area contributed by atoms with Gasteiger partial charge in [0, 0.05) is 12.8 Å². The predicted molar refractivity (Wildman–Crippen MR) is 154 cm³/mol. The van der Waals surface area contributed by atoms with Crippen molar-refractivity contribution < 1.29 is 19.1 Å². The van der Waals surface area contributed by atoms with E-state index >= 15 is 0 Å². The number of unbranched alkanes of at least 4 members (excludes halogenated alkanes) is 17. The zero-order valence-electron chi connectivity index (χ0n) is 24.7. The highest BCUT2D eigenvalue weighted by molar-refractivity contribution is 5.99. The van der Waals surface area contributed by atoms with Gasteiger partial charge in [-0.1, -0.05) is 117 Å². The smallest absolute Gasteiger partial charge is 0.329 e. The molecule has 0 aliphatic heterocycles. The van der Waals surface area contributed by atoms with Gasteiger partial charge in [-0.15, -0.1) is 0 Å². The number of ether oxygens (including phenoxy) is 1. The van der Waals surface area contributed by atoms with Crippen LogP contribution in [0.15, 0.2) is 0 Å². The summed E-state index contributed by atoms with van der Waals surface area (Å²) in [6.45, 7) is 4.97. The second kappa shape index (κ2) is 26.2. The number of imide groups is 1. The summed E-state index contributed by atoms with van der Waals surface area (Å²) in [5.74, 6) is -0.961. The third-order valence-corrected chi connectivity index (χ3v) is 7.24. The summed E-state index contributed by atoms with van der Waals surface area (Å²) >= 11 is 0. The van der Waals surface area contributed by atoms with Crippen LogP contribution in [0.4, 0.5) is 0 Å². The van der Waals surface area contributed by atoms with Crippen LogP contribution in [0, 0.1) is 0 Å². The molecule has 0 rings (SSSR count). The Kier molecular flexibility index (Phi) is 25.2. The lowest BCUT2D eigenvalue weighted by Crippen LogP contribution is -2.49. The molecule has 6 nitrogen and oxygen atoms in total. The van der Waals surface area contributed by atoms with E-state index in [2.05, 4.69) is 13.8 Å².